The molecule has 0 atom stereocenters. The molecule has 1 fully saturated rings. The molecule has 2 heterocycles. The average Bonchev–Trinajstić information content (AvgIpc) is 3.43. The Morgan fingerprint density at radius 1 is 1.04 bits per heavy atom. The van der Waals surface area contributed by atoms with Gasteiger partial charge in [0.25, 0.3) is 0 Å². The number of dihydropyridines is 1. The predicted octanol–water partition coefficient (Wildman–Crippen LogP) is 2.97. The van der Waals surface area contributed by atoms with Gasteiger partial charge in [0.1, 0.15) is 0 Å². The maximum atomic E-state index is 3.27. The quantitative estimate of drug-likeness (QED) is 0.879. The van der Waals surface area contributed by atoms with Gasteiger partial charge in [-0.1, -0.05) is 29.8 Å². The van der Waals surface area contributed by atoms with Gasteiger partial charge in [-0.3, -0.25) is 0 Å². The highest BCUT2D eigenvalue weighted by Crippen LogP contribution is 2.26. The molecular formula is C20H27N3. The molecule has 1 aromatic rings. The van der Waals surface area contributed by atoms with Crippen LogP contribution in [0.1, 0.15) is 24.0 Å². The molecule has 3 nitrogen and oxygen atoms in total. The fourth-order valence-corrected chi connectivity index (χ4v) is 2.75. The molecule has 0 unspecified atom stereocenters. The van der Waals surface area contributed by atoms with E-state index in [4.69, 9.17) is 0 Å². The van der Waals surface area contributed by atoms with E-state index in [2.05, 4.69) is 59.1 Å². The van der Waals surface area contributed by atoms with Crippen LogP contribution in [-0.4, -0.2) is 31.6 Å². The summed E-state index contributed by atoms with van der Waals surface area (Å²) in [6, 6.07) is 8.80. The Morgan fingerprint density at radius 3 is 2.30 bits per heavy atom. The van der Waals surface area contributed by atoms with E-state index in [1.807, 2.05) is 12.3 Å². The highest BCUT2D eigenvalue weighted by molar-refractivity contribution is 5.28. The molecule has 1 saturated carbocycles. The fraction of sp³-hybridized carbons (Fsp3) is 0.400. The van der Waals surface area contributed by atoms with Crippen LogP contribution in [0.25, 0.3) is 0 Å². The lowest BCUT2D eigenvalue weighted by molar-refractivity contribution is 0.352. The predicted molar refractivity (Wildman–Crippen MR) is 97.0 cm³/mol. The van der Waals surface area contributed by atoms with Gasteiger partial charge in [0.05, 0.1) is 6.54 Å². The second-order valence-corrected chi connectivity index (χ2v) is 6.45. The molecule has 0 amide bonds. The largest absolute Gasteiger partial charge is 0.385 e. The van der Waals surface area contributed by atoms with Crippen molar-refractivity contribution in [2.45, 2.75) is 25.7 Å². The van der Waals surface area contributed by atoms with Crippen molar-refractivity contribution in [3.63, 3.8) is 0 Å². The topological polar surface area (TPSA) is 27.3 Å². The maximum Gasteiger partial charge on any atom is 0.0545 e. The summed E-state index contributed by atoms with van der Waals surface area (Å²) in [5.74, 6) is 0. The average molecular weight is 309 g/mol. The van der Waals surface area contributed by atoms with Crippen LogP contribution in [-0.2, 0) is 12.8 Å². The van der Waals surface area contributed by atoms with Crippen LogP contribution >= 0.6 is 0 Å². The summed E-state index contributed by atoms with van der Waals surface area (Å²) in [4.78, 5) is 2.40. The number of nitrogens with one attached hydrogen (secondary N) is 2. The zero-order chi connectivity index (χ0) is 15.9. The summed E-state index contributed by atoms with van der Waals surface area (Å²) in [7, 11) is 2.20. The molecule has 0 bridgehead atoms. The minimum absolute atomic E-state index is 0.917. The minimum atomic E-state index is 0.917. The molecule has 3 aliphatic rings. The van der Waals surface area contributed by atoms with E-state index in [-0.39, 0.29) is 0 Å². The zero-order valence-electron chi connectivity index (χ0n) is 14.0. The Hall–Kier alpha value is -2.00. The van der Waals surface area contributed by atoms with Gasteiger partial charge in [-0.25, -0.2) is 0 Å². The molecule has 0 saturated heterocycles. The van der Waals surface area contributed by atoms with E-state index < -0.39 is 0 Å². The van der Waals surface area contributed by atoms with E-state index >= 15 is 0 Å². The van der Waals surface area contributed by atoms with Crippen LogP contribution in [0.3, 0.4) is 0 Å². The van der Waals surface area contributed by atoms with Crippen LogP contribution in [0.15, 0.2) is 60.1 Å². The third kappa shape index (κ3) is 5.29. The first-order valence-corrected chi connectivity index (χ1v) is 8.60. The van der Waals surface area contributed by atoms with Gasteiger partial charge < -0.3 is 15.5 Å². The molecule has 4 rings (SSSR count). The lowest BCUT2D eigenvalue weighted by atomic mass is 10.0. The van der Waals surface area contributed by atoms with Gasteiger partial charge >= 0.3 is 0 Å². The Bertz CT molecular complexity index is 580. The molecule has 23 heavy (non-hydrogen) atoms. The zero-order valence-corrected chi connectivity index (χ0v) is 14.0. The van der Waals surface area contributed by atoms with Crippen molar-refractivity contribution in [3.05, 3.63) is 71.2 Å². The summed E-state index contributed by atoms with van der Waals surface area (Å²) in [6.45, 7) is 3.33. The Morgan fingerprint density at radius 2 is 1.74 bits per heavy atom. The van der Waals surface area contributed by atoms with Gasteiger partial charge in [0.2, 0.25) is 0 Å². The Labute approximate surface area is 139 Å². The summed E-state index contributed by atoms with van der Waals surface area (Å²) < 4.78 is 0. The van der Waals surface area contributed by atoms with E-state index in [1.165, 1.54) is 50.0 Å². The third-order valence-electron chi connectivity index (χ3n) is 4.45. The van der Waals surface area contributed by atoms with Gasteiger partial charge in [-0.05, 0) is 68.4 Å². The van der Waals surface area contributed by atoms with Crippen molar-refractivity contribution in [1.82, 2.24) is 15.5 Å². The van der Waals surface area contributed by atoms with Crippen LogP contribution < -0.4 is 10.6 Å². The highest BCUT2D eigenvalue weighted by atomic mass is 15.1. The van der Waals surface area contributed by atoms with Crippen LogP contribution in [0.4, 0.5) is 0 Å². The number of hydrogen-bond acceptors (Lipinski definition) is 3. The number of hydrogen-bond donors (Lipinski definition) is 2. The first kappa shape index (κ1) is 15.9. The molecule has 122 valence electrons. The number of benzene rings is 1. The van der Waals surface area contributed by atoms with E-state index in [9.17, 15) is 0 Å². The van der Waals surface area contributed by atoms with Crippen LogP contribution in [0.5, 0.6) is 0 Å². The lowest BCUT2D eigenvalue weighted by Crippen LogP contribution is -2.20. The fourth-order valence-electron chi connectivity index (χ4n) is 2.75. The first-order valence-electron chi connectivity index (χ1n) is 8.60. The molecule has 1 aliphatic carbocycles. The maximum absolute atomic E-state index is 3.27. The van der Waals surface area contributed by atoms with Gasteiger partial charge in [0, 0.05) is 18.8 Å². The van der Waals surface area contributed by atoms with Gasteiger partial charge in [-0.2, -0.15) is 0 Å². The Kier molecular flexibility index (Phi) is 5.54. The number of likely N-dealkylation sites (N-methyl/N-ethyl adjacent to an activating group) is 1. The molecule has 2 aliphatic heterocycles. The highest BCUT2D eigenvalue weighted by Gasteiger charge is 2.10. The van der Waals surface area contributed by atoms with Crippen molar-refractivity contribution in [2.24, 2.45) is 0 Å². The number of nitrogens with zero attached hydrogens (tertiary/aromatic N) is 1. The van der Waals surface area contributed by atoms with Crippen LogP contribution in [0, 0.1) is 0 Å². The number of allylic oxidation sites excluding steroid dienone is 3. The third-order valence-corrected chi connectivity index (χ3v) is 4.45. The minimum Gasteiger partial charge on any atom is -0.385 e. The summed E-state index contributed by atoms with van der Waals surface area (Å²) in [6.07, 6.45) is 13.2. The van der Waals surface area contributed by atoms with E-state index in [0.29, 0.717) is 0 Å². The summed E-state index contributed by atoms with van der Waals surface area (Å²) in [5, 5.41) is 6.41. The summed E-state index contributed by atoms with van der Waals surface area (Å²) >= 11 is 0. The lowest BCUT2D eigenvalue weighted by Gasteiger charge is -2.10. The van der Waals surface area contributed by atoms with Crippen molar-refractivity contribution < 1.29 is 0 Å². The van der Waals surface area contributed by atoms with Crippen molar-refractivity contribution in [1.29, 1.82) is 0 Å². The Balaban J connectivity index is 0.000000136. The van der Waals surface area contributed by atoms with Gasteiger partial charge in [-0.15, -0.1) is 0 Å². The van der Waals surface area contributed by atoms with E-state index in [1.54, 1.807) is 11.1 Å². The normalized spacial score (nSPS) is 19.3. The summed E-state index contributed by atoms with van der Waals surface area (Å²) in [5.41, 5.74) is 5.86. The second-order valence-electron chi connectivity index (χ2n) is 6.45. The van der Waals surface area contributed by atoms with E-state index in [0.717, 1.165) is 6.54 Å². The molecule has 0 spiro atoms. The van der Waals surface area contributed by atoms with Crippen molar-refractivity contribution in [2.75, 3.05) is 26.7 Å². The standard InChI is InChI=1S/C11H15N.C9H12N2/c1-12-8-6-10-4-2-3-5-11(10)7-9-12;1-2-9(7-10-5-1)11-6-8-3-4-8/h2-5H,6-9H2,1H3;1-2,5-6,10-11H,3-4,7H2. The van der Waals surface area contributed by atoms with Gasteiger partial charge in [0.15, 0.2) is 0 Å². The molecule has 1 aromatic carbocycles. The number of fused-ring (bicyclic) bond motifs is 1. The molecule has 2 N–H and O–H groups in total. The second kappa shape index (κ2) is 8.02. The van der Waals surface area contributed by atoms with Crippen LogP contribution in [0.2, 0.25) is 0 Å². The first-order chi connectivity index (χ1) is 11.3. The smallest absolute Gasteiger partial charge is 0.0545 e. The van der Waals surface area contributed by atoms with Crippen molar-refractivity contribution >= 4 is 0 Å². The molecule has 3 heteroatoms. The van der Waals surface area contributed by atoms with Crippen molar-refractivity contribution in [3.8, 4) is 0 Å². The SMILES string of the molecule is C1=CNCC(NC=C2CC2)=C1.CN1CCc2ccccc2CC1. The molecular weight excluding hydrogens is 282 g/mol. The molecule has 0 aromatic heterocycles. The number of rotatable bonds is 2. The monoisotopic (exact) mass is 309 g/mol. The molecule has 0 radical (unpaired) electrons.